The quantitative estimate of drug-likeness (QED) is 0.788. The highest BCUT2D eigenvalue weighted by molar-refractivity contribution is 6.33. The highest BCUT2D eigenvalue weighted by Gasteiger charge is 2.31. The molecule has 2 aromatic rings. The van der Waals surface area contributed by atoms with Crippen LogP contribution in [0.1, 0.15) is 15.9 Å². The molecule has 0 radical (unpaired) electrons. The Bertz CT molecular complexity index is 771. The fraction of sp³-hybridized carbons (Fsp3) is 0.278. The molecule has 1 aliphatic heterocycles. The molecule has 0 bridgehead atoms. The average Bonchev–Trinajstić information content (AvgIpc) is 2.61. The van der Waals surface area contributed by atoms with Crippen LogP contribution >= 0.6 is 11.6 Å². The summed E-state index contributed by atoms with van der Waals surface area (Å²) in [6.07, 6.45) is -4.36. The summed E-state index contributed by atoms with van der Waals surface area (Å²) in [5, 5.41) is 0.396. The lowest BCUT2D eigenvalue weighted by Crippen LogP contribution is -2.48. The van der Waals surface area contributed by atoms with E-state index in [9.17, 15) is 18.0 Å². The third-order valence-corrected chi connectivity index (χ3v) is 4.54. The minimum Gasteiger partial charge on any atom is -0.368 e. The van der Waals surface area contributed by atoms with Gasteiger partial charge in [-0.3, -0.25) is 4.79 Å². The monoisotopic (exact) mass is 368 g/mol. The molecule has 0 atom stereocenters. The SMILES string of the molecule is O=C(c1ccccc1Cl)N1CCN(c2cccc(C(F)(F)F)c2)CC1. The van der Waals surface area contributed by atoms with E-state index in [2.05, 4.69) is 0 Å². The van der Waals surface area contributed by atoms with Crippen molar-refractivity contribution >= 4 is 23.2 Å². The molecular weight excluding hydrogens is 353 g/mol. The van der Waals surface area contributed by atoms with Crippen molar-refractivity contribution in [1.29, 1.82) is 0 Å². The van der Waals surface area contributed by atoms with Crippen LogP contribution in [0.4, 0.5) is 18.9 Å². The lowest BCUT2D eigenvalue weighted by Gasteiger charge is -2.36. The number of benzene rings is 2. The largest absolute Gasteiger partial charge is 0.416 e. The Kier molecular flexibility index (Phi) is 4.90. The Morgan fingerprint density at radius 1 is 0.960 bits per heavy atom. The van der Waals surface area contributed by atoms with Gasteiger partial charge in [0.1, 0.15) is 0 Å². The van der Waals surface area contributed by atoms with Crippen molar-refractivity contribution in [1.82, 2.24) is 4.90 Å². The summed E-state index contributed by atoms with van der Waals surface area (Å²) in [6.45, 7) is 1.80. The molecule has 132 valence electrons. The molecule has 2 aromatic carbocycles. The van der Waals surface area contributed by atoms with Crippen LogP contribution in [0.2, 0.25) is 5.02 Å². The predicted molar refractivity (Wildman–Crippen MR) is 91.0 cm³/mol. The third-order valence-electron chi connectivity index (χ3n) is 4.21. The van der Waals surface area contributed by atoms with E-state index in [0.717, 1.165) is 12.1 Å². The summed E-state index contributed by atoms with van der Waals surface area (Å²) in [5.74, 6) is -0.158. The second-order valence-corrected chi connectivity index (χ2v) is 6.21. The van der Waals surface area contributed by atoms with Crippen LogP contribution in [-0.4, -0.2) is 37.0 Å². The number of carbonyl (C=O) groups excluding carboxylic acids is 1. The Balaban J connectivity index is 1.68. The van der Waals surface area contributed by atoms with Gasteiger partial charge in [0, 0.05) is 31.9 Å². The number of rotatable bonds is 2. The Morgan fingerprint density at radius 2 is 1.64 bits per heavy atom. The van der Waals surface area contributed by atoms with E-state index in [1.54, 1.807) is 35.2 Å². The number of carbonyl (C=O) groups is 1. The molecule has 0 spiro atoms. The van der Waals surface area contributed by atoms with Gasteiger partial charge < -0.3 is 9.80 Å². The third kappa shape index (κ3) is 3.90. The van der Waals surface area contributed by atoms with Gasteiger partial charge in [-0.15, -0.1) is 0 Å². The highest BCUT2D eigenvalue weighted by Crippen LogP contribution is 2.32. The Morgan fingerprint density at radius 3 is 2.28 bits per heavy atom. The summed E-state index contributed by atoms with van der Waals surface area (Å²) in [6, 6.07) is 12.1. The van der Waals surface area contributed by atoms with Crippen molar-refractivity contribution in [3.63, 3.8) is 0 Å². The van der Waals surface area contributed by atoms with Crippen molar-refractivity contribution < 1.29 is 18.0 Å². The van der Waals surface area contributed by atoms with E-state index in [1.165, 1.54) is 6.07 Å². The minimum atomic E-state index is -4.36. The number of halogens is 4. The van der Waals surface area contributed by atoms with Crippen LogP contribution in [-0.2, 0) is 6.18 Å². The molecule has 1 saturated heterocycles. The first-order valence-corrected chi connectivity index (χ1v) is 8.20. The van der Waals surface area contributed by atoms with Crippen LogP contribution in [0.3, 0.4) is 0 Å². The maximum Gasteiger partial charge on any atom is 0.416 e. The van der Waals surface area contributed by atoms with Gasteiger partial charge in [0.05, 0.1) is 16.1 Å². The Hall–Kier alpha value is -2.21. The van der Waals surface area contributed by atoms with Crippen LogP contribution in [0, 0.1) is 0 Å². The van der Waals surface area contributed by atoms with Crippen LogP contribution < -0.4 is 4.90 Å². The van der Waals surface area contributed by atoms with E-state index in [4.69, 9.17) is 11.6 Å². The zero-order chi connectivity index (χ0) is 18.0. The number of hydrogen-bond donors (Lipinski definition) is 0. The summed E-state index contributed by atoms with van der Waals surface area (Å²) in [7, 11) is 0. The standard InChI is InChI=1S/C18H16ClF3N2O/c19-16-7-2-1-6-15(16)17(25)24-10-8-23(9-11-24)14-5-3-4-13(12-14)18(20,21)22/h1-7,12H,8-11H2. The molecule has 0 aromatic heterocycles. The van der Waals surface area contributed by atoms with Gasteiger partial charge in [-0.25, -0.2) is 0 Å². The summed E-state index contributed by atoms with van der Waals surface area (Å²) >= 11 is 6.06. The topological polar surface area (TPSA) is 23.6 Å². The molecule has 0 unspecified atom stereocenters. The smallest absolute Gasteiger partial charge is 0.368 e. The van der Waals surface area contributed by atoms with Crippen LogP contribution in [0.15, 0.2) is 48.5 Å². The molecule has 7 heteroatoms. The minimum absolute atomic E-state index is 0.158. The molecular formula is C18H16ClF3N2O. The van der Waals surface area contributed by atoms with Crippen molar-refractivity contribution in [3.8, 4) is 0 Å². The first-order valence-electron chi connectivity index (χ1n) is 7.82. The lowest BCUT2D eigenvalue weighted by atomic mass is 10.1. The van der Waals surface area contributed by atoms with Gasteiger partial charge in [0.2, 0.25) is 0 Å². The summed E-state index contributed by atoms with van der Waals surface area (Å²) in [4.78, 5) is 16.0. The second-order valence-electron chi connectivity index (χ2n) is 5.81. The number of hydrogen-bond acceptors (Lipinski definition) is 2. The van der Waals surface area contributed by atoms with Crippen molar-refractivity contribution in [2.45, 2.75) is 6.18 Å². The summed E-state index contributed by atoms with van der Waals surface area (Å²) in [5.41, 5.74) is 0.288. The van der Waals surface area contributed by atoms with Gasteiger partial charge in [0.25, 0.3) is 5.91 Å². The molecule has 0 aliphatic carbocycles. The van der Waals surface area contributed by atoms with Crippen LogP contribution in [0.25, 0.3) is 0 Å². The molecule has 3 nitrogen and oxygen atoms in total. The summed E-state index contributed by atoms with van der Waals surface area (Å²) < 4.78 is 38.5. The van der Waals surface area contributed by atoms with Gasteiger partial charge >= 0.3 is 6.18 Å². The predicted octanol–water partition coefficient (Wildman–Crippen LogP) is 4.32. The average molecular weight is 369 g/mol. The molecule has 3 rings (SSSR count). The van der Waals surface area contributed by atoms with Gasteiger partial charge in [-0.1, -0.05) is 29.8 Å². The molecule has 0 saturated carbocycles. The molecule has 1 heterocycles. The van der Waals surface area contributed by atoms with E-state index >= 15 is 0 Å². The normalized spacial score (nSPS) is 15.4. The first kappa shape index (κ1) is 17.6. The van der Waals surface area contributed by atoms with Crippen molar-refractivity contribution in [2.24, 2.45) is 0 Å². The van der Waals surface area contributed by atoms with Gasteiger partial charge in [-0.2, -0.15) is 13.2 Å². The van der Waals surface area contributed by atoms with E-state index < -0.39 is 11.7 Å². The first-order chi connectivity index (χ1) is 11.9. The molecule has 1 aliphatic rings. The highest BCUT2D eigenvalue weighted by atomic mass is 35.5. The molecule has 1 amide bonds. The molecule has 25 heavy (non-hydrogen) atoms. The van der Waals surface area contributed by atoms with Gasteiger partial charge in [-0.05, 0) is 30.3 Å². The zero-order valence-electron chi connectivity index (χ0n) is 13.3. The molecule has 0 N–H and O–H groups in total. The number of piperazine rings is 1. The molecule has 1 fully saturated rings. The Labute approximate surface area is 148 Å². The zero-order valence-corrected chi connectivity index (χ0v) is 14.0. The lowest BCUT2D eigenvalue weighted by molar-refractivity contribution is -0.137. The second kappa shape index (κ2) is 6.96. The van der Waals surface area contributed by atoms with Crippen molar-refractivity contribution in [2.75, 3.05) is 31.1 Å². The van der Waals surface area contributed by atoms with E-state index in [-0.39, 0.29) is 5.91 Å². The van der Waals surface area contributed by atoms with E-state index in [1.807, 2.05) is 4.90 Å². The maximum atomic E-state index is 12.8. The number of alkyl halides is 3. The van der Waals surface area contributed by atoms with E-state index in [0.29, 0.717) is 42.5 Å². The fourth-order valence-corrected chi connectivity index (χ4v) is 3.07. The van der Waals surface area contributed by atoms with Crippen molar-refractivity contribution in [3.05, 3.63) is 64.7 Å². The number of anilines is 1. The number of amides is 1. The fourth-order valence-electron chi connectivity index (χ4n) is 2.85. The maximum absolute atomic E-state index is 12.8. The van der Waals surface area contributed by atoms with Crippen LogP contribution in [0.5, 0.6) is 0 Å². The van der Waals surface area contributed by atoms with Gasteiger partial charge in [0.15, 0.2) is 0 Å². The number of nitrogens with zero attached hydrogens (tertiary/aromatic N) is 2.